The third kappa shape index (κ3) is 4.06. The fourth-order valence-electron chi connectivity index (χ4n) is 5.21. The summed E-state index contributed by atoms with van der Waals surface area (Å²) in [6.07, 6.45) is 5.15. The number of hydrogen-bond donors (Lipinski definition) is 0. The van der Waals surface area contributed by atoms with E-state index >= 15 is 0 Å². The van der Waals surface area contributed by atoms with Crippen LogP contribution >= 0.6 is 0 Å². The first-order valence-electron chi connectivity index (χ1n) is 11.4. The largest absolute Gasteiger partial charge is 0.371 e. The van der Waals surface area contributed by atoms with Crippen molar-refractivity contribution in [1.82, 2.24) is 9.88 Å². The Kier molecular flexibility index (Phi) is 5.63. The van der Waals surface area contributed by atoms with Crippen LogP contribution in [-0.2, 0) is 0 Å². The van der Waals surface area contributed by atoms with E-state index in [1.165, 1.54) is 18.2 Å². The number of piperidine rings is 2. The van der Waals surface area contributed by atoms with E-state index in [0.29, 0.717) is 35.2 Å². The van der Waals surface area contributed by atoms with Crippen LogP contribution in [0, 0.1) is 27.2 Å². The maximum Gasteiger partial charge on any atom is 0.270 e. The molecule has 0 atom stereocenters. The first-order valence-corrected chi connectivity index (χ1v) is 11.4. The number of nitro groups is 1. The van der Waals surface area contributed by atoms with Gasteiger partial charge in [-0.25, -0.2) is 8.78 Å². The lowest BCUT2D eigenvalue weighted by atomic mass is 9.71. The molecule has 34 heavy (non-hydrogen) atoms. The summed E-state index contributed by atoms with van der Waals surface area (Å²) >= 11 is 0. The zero-order valence-corrected chi connectivity index (χ0v) is 18.5. The van der Waals surface area contributed by atoms with E-state index in [4.69, 9.17) is 0 Å². The second-order valence-electron chi connectivity index (χ2n) is 9.19. The normalized spacial score (nSPS) is 17.8. The molecule has 7 nitrogen and oxygen atoms in total. The Morgan fingerprint density at radius 2 is 1.65 bits per heavy atom. The number of anilines is 1. The minimum absolute atomic E-state index is 0.0695. The topological polar surface area (TPSA) is 79.6 Å². The van der Waals surface area contributed by atoms with E-state index in [0.717, 1.165) is 44.8 Å². The Balaban J connectivity index is 1.26. The molecule has 0 radical (unpaired) electrons. The summed E-state index contributed by atoms with van der Waals surface area (Å²) in [7, 11) is 0. The highest BCUT2D eigenvalue weighted by molar-refractivity contribution is 6.06. The van der Waals surface area contributed by atoms with Gasteiger partial charge in [-0.05, 0) is 55.4 Å². The number of amides is 1. The van der Waals surface area contributed by atoms with Gasteiger partial charge in [0.15, 0.2) is 11.6 Å². The van der Waals surface area contributed by atoms with Crippen molar-refractivity contribution >= 4 is 28.2 Å². The lowest BCUT2D eigenvalue weighted by Crippen LogP contribution is -2.48. The van der Waals surface area contributed by atoms with Gasteiger partial charge in [0.2, 0.25) is 0 Å². The monoisotopic (exact) mass is 466 g/mol. The molecule has 3 heterocycles. The Morgan fingerprint density at radius 1 is 0.941 bits per heavy atom. The van der Waals surface area contributed by atoms with Crippen molar-refractivity contribution < 1.29 is 18.5 Å². The van der Waals surface area contributed by atoms with Crippen LogP contribution in [0.15, 0.2) is 48.7 Å². The number of hydrogen-bond acceptors (Lipinski definition) is 5. The predicted molar refractivity (Wildman–Crippen MR) is 124 cm³/mol. The number of carbonyl (C=O) groups is 1. The van der Waals surface area contributed by atoms with Crippen molar-refractivity contribution in [3.63, 3.8) is 0 Å². The summed E-state index contributed by atoms with van der Waals surface area (Å²) in [4.78, 5) is 32.2. The highest BCUT2D eigenvalue weighted by atomic mass is 19.2. The van der Waals surface area contributed by atoms with Crippen LogP contribution in [0.3, 0.4) is 0 Å². The quantitative estimate of drug-likeness (QED) is 0.403. The van der Waals surface area contributed by atoms with Gasteiger partial charge >= 0.3 is 0 Å². The molecule has 0 bridgehead atoms. The van der Waals surface area contributed by atoms with Crippen LogP contribution in [0.2, 0.25) is 0 Å². The molecule has 2 saturated heterocycles. The standard InChI is InChI=1S/C25H24F2N4O3/c26-21-3-1-17(16-22(21)27)29-11-6-25(7-12-29)8-13-30(14-9-25)24(32)19-5-10-28-23-4-2-18(31(33)34)15-20(19)23/h1-5,10,15-16H,6-9,11-14H2. The van der Waals surface area contributed by atoms with Gasteiger partial charge < -0.3 is 9.80 Å². The molecular weight excluding hydrogens is 442 g/mol. The van der Waals surface area contributed by atoms with Crippen LogP contribution in [0.25, 0.3) is 10.9 Å². The number of non-ortho nitro benzene ring substituents is 1. The fraction of sp³-hybridized carbons (Fsp3) is 0.360. The molecule has 9 heteroatoms. The average molecular weight is 466 g/mol. The maximum atomic E-state index is 13.6. The smallest absolute Gasteiger partial charge is 0.270 e. The number of fused-ring (bicyclic) bond motifs is 1. The third-order valence-corrected chi connectivity index (χ3v) is 7.37. The number of benzene rings is 2. The molecule has 176 valence electrons. The molecule has 2 fully saturated rings. The highest BCUT2D eigenvalue weighted by Crippen LogP contribution is 2.42. The number of pyridine rings is 1. The summed E-state index contributed by atoms with van der Waals surface area (Å²) < 4.78 is 26.9. The fourth-order valence-corrected chi connectivity index (χ4v) is 5.21. The van der Waals surface area contributed by atoms with Gasteiger partial charge in [0.05, 0.1) is 16.0 Å². The van der Waals surface area contributed by atoms with Crippen LogP contribution in [0.1, 0.15) is 36.0 Å². The van der Waals surface area contributed by atoms with Crippen molar-refractivity contribution in [3.05, 3.63) is 76.0 Å². The molecule has 0 aliphatic carbocycles. The summed E-state index contributed by atoms with van der Waals surface area (Å²) in [6, 6.07) is 10.0. The molecular formula is C25H24F2N4O3. The Bertz CT molecular complexity index is 1260. The Hall–Kier alpha value is -3.62. The van der Waals surface area contributed by atoms with Crippen molar-refractivity contribution in [2.24, 2.45) is 5.41 Å². The second-order valence-corrected chi connectivity index (χ2v) is 9.19. The van der Waals surface area contributed by atoms with E-state index < -0.39 is 16.6 Å². The van der Waals surface area contributed by atoms with E-state index in [1.54, 1.807) is 24.4 Å². The van der Waals surface area contributed by atoms with Crippen LogP contribution < -0.4 is 4.90 Å². The molecule has 1 amide bonds. The molecule has 0 N–H and O–H groups in total. The van der Waals surface area contributed by atoms with E-state index in [-0.39, 0.29) is 17.0 Å². The van der Waals surface area contributed by atoms with Crippen molar-refractivity contribution in [2.45, 2.75) is 25.7 Å². The van der Waals surface area contributed by atoms with Gasteiger partial charge in [0.25, 0.3) is 11.6 Å². The number of aromatic nitrogens is 1. The lowest BCUT2D eigenvalue weighted by molar-refractivity contribution is -0.384. The molecule has 0 saturated carbocycles. The highest BCUT2D eigenvalue weighted by Gasteiger charge is 2.39. The molecule has 0 unspecified atom stereocenters. The minimum atomic E-state index is -0.842. The van der Waals surface area contributed by atoms with Crippen molar-refractivity contribution in [3.8, 4) is 0 Å². The number of likely N-dealkylation sites (tertiary alicyclic amines) is 1. The molecule has 5 rings (SSSR count). The van der Waals surface area contributed by atoms with Gasteiger partial charge in [-0.2, -0.15) is 0 Å². The zero-order valence-electron chi connectivity index (χ0n) is 18.5. The molecule has 2 aliphatic heterocycles. The Labute approximate surface area is 195 Å². The van der Waals surface area contributed by atoms with Gasteiger partial charge in [0, 0.05) is 61.6 Å². The number of nitro benzene ring substituents is 1. The van der Waals surface area contributed by atoms with E-state index in [1.807, 2.05) is 4.90 Å². The van der Waals surface area contributed by atoms with Crippen molar-refractivity contribution in [1.29, 1.82) is 0 Å². The summed E-state index contributed by atoms with van der Waals surface area (Å²) in [5, 5.41) is 11.7. The van der Waals surface area contributed by atoms with Gasteiger partial charge in [-0.1, -0.05) is 0 Å². The average Bonchev–Trinajstić information content (AvgIpc) is 2.85. The SMILES string of the molecule is O=C(c1ccnc2ccc([N+](=O)[O-])cc12)N1CCC2(CC1)CCN(c1ccc(F)c(F)c1)CC2. The molecule has 2 aromatic carbocycles. The van der Waals surface area contributed by atoms with Crippen LogP contribution in [0.4, 0.5) is 20.2 Å². The second kappa shape index (κ2) is 8.62. The predicted octanol–water partition coefficient (Wildman–Crippen LogP) is 4.94. The summed E-state index contributed by atoms with van der Waals surface area (Å²) in [5.74, 6) is -1.81. The first-order chi connectivity index (χ1) is 16.3. The van der Waals surface area contributed by atoms with Crippen LogP contribution in [0.5, 0.6) is 0 Å². The van der Waals surface area contributed by atoms with Gasteiger partial charge in [0.1, 0.15) is 0 Å². The molecule has 2 aliphatic rings. The van der Waals surface area contributed by atoms with E-state index in [2.05, 4.69) is 9.88 Å². The summed E-state index contributed by atoms with van der Waals surface area (Å²) in [6.45, 7) is 2.75. The minimum Gasteiger partial charge on any atom is -0.371 e. The lowest BCUT2D eigenvalue weighted by Gasteiger charge is -2.47. The molecule has 1 aromatic heterocycles. The summed E-state index contributed by atoms with van der Waals surface area (Å²) in [5.41, 5.74) is 1.73. The molecule has 1 spiro atoms. The third-order valence-electron chi connectivity index (χ3n) is 7.37. The van der Waals surface area contributed by atoms with Gasteiger partial charge in [-0.3, -0.25) is 19.9 Å². The maximum absolute atomic E-state index is 13.6. The number of halogens is 2. The zero-order chi connectivity index (χ0) is 23.9. The van der Waals surface area contributed by atoms with Crippen molar-refractivity contribution in [2.75, 3.05) is 31.1 Å². The molecule has 3 aromatic rings. The number of carbonyl (C=O) groups excluding carboxylic acids is 1. The Morgan fingerprint density at radius 3 is 2.32 bits per heavy atom. The first kappa shape index (κ1) is 22.2. The van der Waals surface area contributed by atoms with Gasteiger partial charge in [-0.15, -0.1) is 0 Å². The van der Waals surface area contributed by atoms with E-state index in [9.17, 15) is 23.7 Å². The number of rotatable bonds is 3. The number of nitrogens with zero attached hydrogens (tertiary/aromatic N) is 4. The van der Waals surface area contributed by atoms with Crippen LogP contribution in [-0.4, -0.2) is 46.9 Å².